The van der Waals surface area contributed by atoms with Gasteiger partial charge in [0, 0.05) is 6.54 Å². The number of urea groups is 1. The number of benzene rings is 1. The Kier molecular flexibility index (Phi) is 8.16. The van der Waals surface area contributed by atoms with E-state index in [1.54, 1.807) is 0 Å². The van der Waals surface area contributed by atoms with E-state index in [1.807, 2.05) is 38.1 Å². The van der Waals surface area contributed by atoms with Gasteiger partial charge in [-0.25, -0.2) is 4.79 Å². The summed E-state index contributed by atoms with van der Waals surface area (Å²) in [5.74, 6) is 0.441. The topological polar surface area (TPSA) is 105 Å². The van der Waals surface area contributed by atoms with Crippen molar-refractivity contribution in [2.45, 2.75) is 24.6 Å². The number of nitrogens with one attached hydrogen (secondary N) is 3. The molecule has 1 heterocycles. The van der Waals surface area contributed by atoms with Crippen LogP contribution < -0.4 is 20.7 Å². The SMILES string of the molecule is CCCNC(=O)NC(=O)CSc1nnc(Nc2ccccc2OCC)s1. The molecule has 1 aromatic heterocycles. The van der Waals surface area contributed by atoms with Crippen LogP contribution in [-0.2, 0) is 4.79 Å². The quantitative estimate of drug-likeness (QED) is 0.561. The minimum absolute atomic E-state index is 0.0870. The van der Waals surface area contributed by atoms with Gasteiger partial charge < -0.3 is 15.4 Å². The first kappa shape index (κ1) is 20.0. The molecule has 0 unspecified atom stereocenters. The molecule has 0 bridgehead atoms. The van der Waals surface area contributed by atoms with Gasteiger partial charge in [-0.15, -0.1) is 10.2 Å². The van der Waals surface area contributed by atoms with Crippen LogP contribution in [-0.4, -0.2) is 41.0 Å². The molecule has 0 atom stereocenters. The van der Waals surface area contributed by atoms with Crippen molar-refractivity contribution in [3.05, 3.63) is 24.3 Å². The summed E-state index contributed by atoms with van der Waals surface area (Å²) in [4.78, 5) is 23.2. The summed E-state index contributed by atoms with van der Waals surface area (Å²) in [6, 6.07) is 7.07. The van der Waals surface area contributed by atoms with Crippen molar-refractivity contribution in [2.75, 3.05) is 24.2 Å². The highest BCUT2D eigenvalue weighted by atomic mass is 32.2. The molecule has 0 aliphatic rings. The van der Waals surface area contributed by atoms with E-state index in [9.17, 15) is 9.59 Å². The van der Waals surface area contributed by atoms with Crippen LogP contribution in [0.1, 0.15) is 20.3 Å². The average molecular weight is 396 g/mol. The monoisotopic (exact) mass is 395 g/mol. The molecule has 0 aliphatic carbocycles. The second-order valence-electron chi connectivity index (χ2n) is 5.02. The zero-order valence-electron chi connectivity index (χ0n) is 14.6. The fourth-order valence-electron chi connectivity index (χ4n) is 1.86. The molecule has 2 aromatic rings. The summed E-state index contributed by atoms with van der Waals surface area (Å²) >= 11 is 2.54. The first-order chi connectivity index (χ1) is 12.6. The fourth-order valence-corrected chi connectivity index (χ4v) is 3.42. The highest BCUT2D eigenvalue weighted by Gasteiger charge is 2.11. The van der Waals surface area contributed by atoms with Crippen LogP contribution in [0.5, 0.6) is 5.75 Å². The largest absolute Gasteiger partial charge is 0.492 e. The van der Waals surface area contributed by atoms with Crippen LogP contribution in [0.3, 0.4) is 0 Å². The van der Waals surface area contributed by atoms with Crippen molar-refractivity contribution in [2.24, 2.45) is 0 Å². The van der Waals surface area contributed by atoms with E-state index in [2.05, 4.69) is 26.1 Å². The van der Waals surface area contributed by atoms with Crippen molar-refractivity contribution in [1.29, 1.82) is 0 Å². The Balaban J connectivity index is 1.84. The van der Waals surface area contributed by atoms with Crippen LogP contribution in [0.4, 0.5) is 15.6 Å². The van der Waals surface area contributed by atoms with Crippen LogP contribution in [0.2, 0.25) is 0 Å². The average Bonchev–Trinajstić information content (AvgIpc) is 3.07. The highest BCUT2D eigenvalue weighted by molar-refractivity contribution is 8.01. The predicted octanol–water partition coefficient (Wildman–Crippen LogP) is 3.01. The molecule has 0 aliphatic heterocycles. The Labute approximate surface area is 160 Å². The number of nitrogens with zero attached hydrogens (tertiary/aromatic N) is 2. The second kappa shape index (κ2) is 10.6. The molecule has 3 amide bonds. The number of aromatic nitrogens is 2. The lowest BCUT2D eigenvalue weighted by molar-refractivity contribution is -0.117. The van der Waals surface area contributed by atoms with Crippen LogP contribution in [0.15, 0.2) is 28.6 Å². The number of imide groups is 1. The molecule has 10 heteroatoms. The van der Waals surface area contributed by atoms with Crippen molar-refractivity contribution in [3.8, 4) is 5.75 Å². The number of carbonyl (C=O) groups is 2. The highest BCUT2D eigenvalue weighted by Crippen LogP contribution is 2.31. The van der Waals surface area contributed by atoms with Crippen molar-refractivity contribution >= 4 is 45.9 Å². The molecule has 3 N–H and O–H groups in total. The third-order valence-electron chi connectivity index (χ3n) is 2.95. The smallest absolute Gasteiger partial charge is 0.321 e. The van der Waals surface area contributed by atoms with Crippen LogP contribution in [0, 0.1) is 0 Å². The maximum Gasteiger partial charge on any atom is 0.321 e. The summed E-state index contributed by atoms with van der Waals surface area (Å²) in [7, 11) is 0. The van der Waals surface area contributed by atoms with Gasteiger partial charge in [0.05, 0.1) is 18.0 Å². The maximum atomic E-state index is 11.7. The summed E-state index contributed by atoms with van der Waals surface area (Å²) < 4.78 is 6.19. The van der Waals surface area contributed by atoms with Crippen molar-refractivity contribution in [1.82, 2.24) is 20.8 Å². The number of carbonyl (C=O) groups excluding carboxylic acids is 2. The van der Waals surface area contributed by atoms with E-state index < -0.39 is 6.03 Å². The molecule has 0 radical (unpaired) electrons. The standard InChI is InChI=1S/C16H21N5O3S2/c1-3-9-17-14(23)19-13(22)10-25-16-21-20-15(26-16)18-11-7-5-6-8-12(11)24-4-2/h5-8H,3-4,9-10H2,1-2H3,(H,18,20)(H2,17,19,22,23). The van der Waals surface area contributed by atoms with Crippen LogP contribution in [0.25, 0.3) is 0 Å². The van der Waals surface area contributed by atoms with Gasteiger partial charge >= 0.3 is 6.03 Å². The number of rotatable bonds is 9. The molecule has 0 fully saturated rings. The lowest BCUT2D eigenvalue weighted by Gasteiger charge is -2.09. The van der Waals surface area contributed by atoms with Crippen molar-refractivity contribution in [3.63, 3.8) is 0 Å². The molecule has 26 heavy (non-hydrogen) atoms. The van der Waals surface area contributed by atoms with Gasteiger partial charge in [-0.05, 0) is 25.5 Å². The van der Waals surface area contributed by atoms with E-state index in [-0.39, 0.29) is 11.7 Å². The second-order valence-corrected chi connectivity index (χ2v) is 7.22. The number of hydrogen-bond acceptors (Lipinski definition) is 8. The van der Waals surface area contributed by atoms with Crippen LogP contribution >= 0.6 is 23.1 Å². The first-order valence-corrected chi connectivity index (χ1v) is 9.95. The molecule has 0 saturated heterocycles. The molecule has 1 aromatic carbocycles. The number of ether oxygens (including phenoxy) is 1. The molecule has 0 spiro atoms. The van der Waals surface area contributed by atoms with Gasteiger partial charge in [0.2, 0.25) is 11.0 Å². The van der Waals surface area contributed by atoms with E-state index in [0.717, 1.165) is 17.9 Å². The van der Waals surface area contributed by atoms with E-state index in [0.29, 0.717) is 22.6 Å². The summed E-state index contributed by atoms with van der Waals surface area (Å²) in [5, 5.41) is 16.7. The van der Waals surface area contributed by atoms with Gasteiger partial charge in [0.1, 0.15) is 5.75 Å². The third kappa shape index (κ3) is 6.52. The Morgan fingerprint density at radius 3 is 2.81 bits per heavy atom. The number of para-hydroxylation sites is 2. The Hall–Kier alpha value is -2.33. The first-order valence-electron chi connectivity index (χ1n) is 8.15. The number of anilines is 2. The Morgan fingerprint density at radius 1 is 1.23 bits per heavy atom. The van der Waals surface area contributed by atoms with Gasteiger partial charge in [-0.1, -0.05) is 42.2 Å². The zero-order chi connectivity index (χ0) is 18.8. The zero-order valence-corrected chi connectivity index (χ0v) is 16.2. The Morgan fingerprint density at radius 2 is 2.04 bits per heavy atom. The van der Waals surface area contributed by atoms with E-state index >= 15 is 0 Å². The minimum Gasteiger partial charge on any atom is -0.492 e. The number of thioether (sulfide) groups is 1. The molecular weight excluding hydrogens is 374 g/mol. The normalized spacial score (nSPS) is 10.2. The van der Waals surface area contributed by atoms with Gasteiger partial charge in [-0.3, -0.25) is 10.1 Å². The minimum atomic E-state index is -0.482. The summed E-state index contributed by atoms with van der Waals surface area (Å²) in [5.41, 5.74) is 0.799. The summed E-state index contributed by atoms with van der Waals surface area (Å²) in [6.07, 6.45) is 0.809. The number of hydrogen-bond donors (Lipinski definition) is 3. The predicted molar refractivity (Wildman–Crippen MR) is 103 cm³/mol. The maximum absolute atomic E-state index is 11.7. The molecule has 8 nitrogen and oxygen atoms in total. The molecule has 2 rings (SSSR count). The summed E-state index contributed by atoms with van der Waals surface area (Å²) in [6.45, 7) is 4.95. The fraction of sp³-hybridized carbons (Fsp3) is 0.375. The third-order valence-corrected chi connectivity index (χ3v) is 4.92. The van der Waals surface area contributed by atoms with E-state index in [4.69, 9.17) is 4.74 Å². The lowest BCUT2D eigenvalue weighted by Crippen LogP contribution is -2.40. The number of amides is 3. The molecule has 140 valence electrons. The van der Waals surface area contributed by atoms with Gasteiger partial charge in [0.25, 0.3) is 0 Å². The van der Waals surface area contributed by atoms with Gasteiger partial charge in [-0.2, -0.15) is 0 Å². The Bertz CT molecular complexity index is 738. The molecular formula is C16H21N5O3S2. The molecule has 0 saturated carbocycles. The lowest BCUT2D eigenvalue weighted by atomic mass is 10.3. The van der Waals surface area contributed by atoms with Crippen molar-refractivity contribution < 1.29 is 14.3 Å². The van der Waals surface area contributed by atoms with Gasteiger partial charge in [0.15, 0.2) is 4.34 Å². The van der Waals surface area contributed by atoms with E-state index in [1.165, 1.54) is 23.1 Å².